The molecule has 1 amide bonds. The number of thiophene rings is 1. The monoisotopic (exact) mass is 391 g/mol. The summed E-state index contributed by atoms with van der Waals surface area (Å²) in [6.07, 6.45) is -0.0305. The molecule has 1 aromatic heterocycles. The van der Waals surface area contributed by atoms with E-state index in [4.69, 9.17) is 4.74 Å². The number of ketones is 1. The van der Waals surface area contributed by atoms with Gasteiger partial charge in [0.25, 0.3) is 5.91 Å². The zero-order chi connectivity index (χ0) is 20.0. The number of aryl methyl sites for hydroxylation is 2. The molecule has 0 spiro atoms. The van der Waals surface area contributed by atoms with Crippen LogP contribution < -0.4 is 0 Å². The summed E-state index contributed by atoms with van der Waals surface area (Å²) >= 11 is 1.54. The molecule has 0 aliphatic heterocycles. The van der Waals surface area contributed by atoms with E-state index in [9.17, 15) is 18.8 Å². The van der Waals surface area contributed by atoms with Crippen LogP contribution in [0.5, 0.6) is 0 Å². The molecule has 27 heavy (non-hydrogen) atoms. The molecular weight excluding hydrogens is 369 g/mol. The van der Waals surface area contributed by atoms with Gasteiger partial charge >= 0.3 is 5.97 Å². The maximum Gasteiger partial charge on any atom is 0.306 e. The Kier molecular flexibility index (Phi) is 7.24. The van der Waals surface area contributed by atoms with Gasteiger partial charge in [-0.2, -0.15) is 0 Å². The van der Waals surface area contributed by atoms with E-state index in [0.29, 0.717) is 11.1 Å². The number of carbonyl (C=O) groups is 3. The highest BCUT2D eigenvalue weighted by molar-refractivity contribution is 7.12. The molecule has 0 aliphatic carbocycles. The molecule has 5 nitrogen and oxygen atoms in total. The van der Waals surface area contributed by atoms with E-state index in [-0.39, 0.29) is 31.0 Å². The molecule has 2 rings (SSSR count). The summed E-state index contributed by atoms with van der Waals surface area (Å²) in [7, 11) is 1.55. The highest BCUT2D eigenvalue weighted by Crippen LogP contribution is 2.22. The van der Waals surface area contributed by atoms with Crippen molar-refractivity contribution in [2.75, 3.05) is 13.7 Å². The summed E-state index contributed by atoms with van der Waals surface area (Å²) in [4.78, 5) is 39.3. The smallest absolute Gasteiger partial charge is 0.306 e. The van der Waals surface area contributed by atoms with Gasteiger partial charge in [0.15, 0.2) is 12.4 Å². The average molecular weight is 391 g/mol. The van der Waals surface area contributed by atoms with E-state index in [2.05, 4.69) is 0 Å². The summed E-state index contributed by atoms with van der Waals surface area (Å²) in [5.41, 5.74) is 1.28. The minimum absolute atomic E-state index is 0.0448. The molecule has 0 saturated carbocycles. The van der Waals surface area contributed by atoms with E-state index in [1.54, 1.807) is 30.5 Å². The second kappa shape index (κ2) is 9.41. The minimum Gasteiger partial charge on any atom is -0.456 e. The van der Waals surface area contributed by atoms with Crippen molar-refractivity contribution in [1.29, 1.82) is 0 Å². The largest absolute Gasteiger partial charge is 0.456 e. The summed E-state index contributed by atoms with van der Waals surface area (Å²) < 4.78 is 18.1. The van der Waals surface area contributed by atoms with E-state index >= 15 is 0 Å². The molecule has 0 radical (unpaired) electrons. The molecule has 0 saturated heterocycles. The molecule has 0 N–H and O–H groups in total. The first-order chi connectivity index (χ1) is 12.8. The van der Waals surface area contributed by atoms with Gasteiger partial charge in [-0.05, 0) is 37.6 Å². The lowest BCUT2D eigenvalue weighted by Crippen LogP contribution is -2.30. The summed E-state index contributed by atoms with van der Waals surface area (Å²) in [5.74, 6) is -1.48. The van der Waals surface area contributed by atoms with Crippen LogP contribution in [0.4, 0.5) is 4.39 Å². The number of ether oxygens (including phenoxy) is 1. The summed E-state index contributed by atoms with van der Waals surface area (Å²) in [5, 5.41) is 0. The Bertz CT molecular complexity index is 846. The quantitative estimate of drug-likeness (QED) is 0.509. The van der Waals surface area contributed by atoms with Crippen LogP contribution in [0.3, 0.4) is 0 Å². The van der Waals surface area contributed by atoms with Gasteiger partial charge in [-0.15, -0.1) is 11.3 Å². The van der Waals surface area contributed by atoms with Gasteiger partial charge < -0.3 is 9.64 Å². The van der Waals surface area contributed by atoms with E-state index in [1.807, 2.05) is 19.9 Å². The van der Waals surface area contributed by atoms with Crippen LogP contribution in [0.1, 0.15) is 38.5 Å². The fraction of sp³-hybridized carbons (Fsp3) is 0.350. The molecule has 0 bridgehead atoms. The van der Waals surface area contributed by atoms with Crippen LogP contribution >= 0.6 is 11.3 Å². The molecule has 0 atom stereocenters. The predicted octanol–water partition coefficient (Wildman–Crippen LogP) is 3.67. The summed E-state index contributed by atoms with van der Waals surface area (Å²) in [6.45, 7) is 3.60. The number of esters is 1. The Morgan fingerprint density at radius 2 is 1.89 bits per heavy atom. The number of Topliss-reactive ketones (excluding diaryl/α,β-unsaturated/α-hetero) is 1. The zero-order valence-electron chi connectivity index (χ0n) is 15.6. The van der Waals surface area contributed by atoms with Gasteiger partial charge in [0, 0.05) is 35.3 Å². The first-order valence-electron chi connectivity index (χ1n) is 8.50. The Hall–Kier alpha value is -2.54. The van der Waals surface area contributed by atoms with Crippen molar-refractivity contribution in [1.82, 2.24) is 4.90 Å². The first-order valence-corrected chi connectivity index (χ1v) is 9.32. The van der Waals surface area contributed by atoms with Crippen molar-refractivity contribution in [3.8, 4) is 0 Å². The first kappa shape index (κ1) is 20.8. The van der Waals surface area contributed by atoms with Crippen molar-refractivity contribution in [2.45, 2.75) is 33.2 Å². The van der Waals surface area contributed by atoms with Crippen molar-refractivity contribution < 1.29 is 23.5 Å². The number of amides is 1. The standard InChI is InChI=1S/C20H22FNO4S/c1-13-9-17(14(2)27-13)18(23)7-8-20(25)26-12-19(24)22(3)11-15-5-4-6-16(21)10-15/h4-6,9-10H,7-8,11-12H2,1-3H3. The van der Waals surface area contributed by atoms with Crippen LogP contribution in [-0.4, -0.2) is 36.2 Å². The molecule has 2 aromatic rings. The van der Waals surface area contributed by atoms with Gasteiger partial charge in [-0.3, -0.25) is 14.4 Å². The van der Waals surface area contributed by atoms with Crippen molar-refractivity contribution >= 4 is 29.0 Å². The third-order valence-electron chi connectivity index (χ3n) is 3.99. The lowest BCUT2D eigenvalue weighted by Gasteiger charge is -2.17. The average Bonchev–Trinajstić information content (AvgIpc) is 2.95. The highest BCUT2D eigenvalue weighted by Gasteiger charge is 2.16. The molecule has 1 aromatic carbocycles. The number of rotatable bonds is 8. The van der Waals surface area contributed by atoms with E-state index in [1.165, 1.54) is 17.0 Å². The number of carbonyl (C=O) groups excluding carboxylic acids is 3. The zero-order valence-corrected chi connectivity index (χ0v) is 16.4. The fourth-order valence-corrected chi connectivity index (χ4v) is 3.52. The Morgan fingerprint density at radius 1 is 1.15 bits per heavy atom. The molecule has 144 valence electrons. The molecule has 7 heteroatoms. The number of likely N-dealkylation sites (N-methyl/N-ethyl adjacent to an activating group) is 1. The van der Waals surface area contributed by atoms with Gasteiger partial charge in [0.1, 0.15) is 5.82 Å². The topological polar surface area (TPSA) is 63.7 Å². The third-order valence-corrected chi connectivity index (χ3v) is 4.95. The lowest BCUT2D eigenvalue weighted by atomic mass is 10.1. The van der Waals surface area contributed by atoms with Crippen molar-refractivity contribution in [3.05, 3.63) is 57.0 Å². The number of nitrogens with zero attached hydrogens (tertiary/aromatic N) is 1. The van der Waals surface area contributed by atoms with Crippen LogP contribution in [-0.2, 0) is 20.9 Å². The van der Waals surface area contributed by atoms with E-state index in [0.717, 1.165) is 9.75 Å². The van der Waals surface area contributed by atoms with Crippen molar-refractivity contribution in [2.24, 2.45) is 0 Å². The van der Waals surface area contributed by atoms with E-state index < -0.39 is 18.5 Å². The maximum atomic E-state index is 13.2. The fourth-order valence-electron chi connectivity index (χ4n) is 2.58. The second-order valence-corrected chi connectivity index (χ2v) is 7.75. The molecule has 0 aliphatic rings. The van der Waals surface area contributed by atoms with Gasteiger partial charge in [-0.1, -0.05) is 12.1 Å². The molecule has 0 unspecified atom stereocenters. The second-order valence-electron chi connectivity index (χ2n) is 6.29. The third kappa shape index (κ3) is 6.29. The van der Waals surface area contributed by atoms with Crippen LogP contribution in [0, 0.1) is 19.7 Å². The van der Waals surface area contributed by atoms with Gasteiger partial charge in [-0.25, -0.2) is 4.39 Å². The van der Waals surface area contributed by atoms with Crippen LogP contribution in [0.15, 0.2) is 30.3 Å². The number of hydrogen-bond donors (Lipinski definition) is 0. The molecule has 0 fully saturated rings. The Morgan fingerprint density at radius 3 is 2.52 bits per heavy atom. The summed E-state index contributed by atoms with van der Waals surface area (Å²) in [6, 6.07) is 7.76. The van der Waals surface area contributed by atoms with Crippen LogP contribution in [0.25, 0.3) is 0 Å². The minimum atomic E-state index is -0.597. The number of hydrogen-bond acceptors (Lipinski definition) is 5. The normalized spacial score (nSPS) is 10.5. The van der Waals surface area contributed by atoms with Crippen LogP contribution in [0.2, 0.25) is 0 Å². The Balaban J connectivity index is 1.75. The lowest BCUT2D eigenvalue weighted by molar-refractivity contribution is -0.151. The number of halogens is 1. The van der Waals surface area contributed by atoms with Gasteiger partial charge in [0.2, 0.25) is 0 Å². The number of benzene rings is 1. The van der Waals surface area contributed by atoms with Gasteiger partial charge in [0.05, 0.1) is 6.42 Å². The highest BCUT2D eigenvalue weighted by atomic mass is 32.1. The maximum absolute atomic E-state index is 13.2. The molecule has 1 heterocycles. The SMILES string of the molecule is Cc1cc(C(=O)CCC(=O)OCC(=O)N(C)Cc2cccc(F)c2)c(C)s1. The Labute approximate surface area is 161 Å². The predicted molar refractivity (Wildman–Crippen MR) is 101 cm³/mol. The van der Waals surface area contributed by atoms with Crippen molar-refractivity contribution in [3.63, 3.8) is 0 Å². The molecular formula is C20H22FNO4S.